The number of fused-ring (bicyclic) bond motifs is 1. The van der Waals surface area contributed by atoms with Gasteiger partial charge in [-0.3, -0.25) is 4.79 Å². The average molecular weight is 507 g/mol. The summed E-state index contributed by atoms with van der Waals surface area (Å²) in [6, 6.07) is 18.0. The smallest absolute Gasteiger partial charge is 0.257 e. The molecule has 134 valence electrons. The fourth-order valence-electron chi connectivity index (χ4n) is 2.64. The molecule has 0 spiro atoms. The van der Waals surface area contributed by atoms with Gasteiger partial charge < -0.3 is 10.4 Å². The highest BCUT2D eigenvalue weighted by Gasteiger charge is 2.15. The summed E-state index contributed by atoms with van der Waals surface area (Å²) in [5.41, 5.74) is 2.40. The summed E-state index contributed by atoms with van der Waals surface area (Å²) in [5.74, 6) is -0.196. The van der Waals surface area contributed by atoms with Crippen molar-refractivity contribution in [2.45, 2.75) is 0 Å². The number of thiazole rings is 1. The molecule has 2 N–H and O–H groups in total. The number of carbonyl (C=O) groups is 1. The standard InChI is InChI=1S/C20H12ClIN2O2S/c21-15-7-5-11(22)9-13(15)19(26)23-12-6-8-17(25)14(10-12)20-24-16-3-1-2-4-18(16)27-20/h1-10,25H,(H,23,26). The molecule has 1 aromatic heterocycles. The third kappa shape index (κ3) is 3.78. The van der Waals surface area contributed by atoms with Gasteiger partial charge in [-0.25, -0.2) is 4.98 Å². The van der Waals surface area contributed by atoms with Crippen molar-refractivity contribution in [1.29, 1.82) is 0 Å². The van der Waals surface area contributed by atoms with Crippen LogP contribution in [0, 0.1) is 3.57 Å². The number of phenolic OH excluding ortho intramolecular Hbond substituents is 1. The Morgan fingerprint density at radius 1 is 1.11 bits per heavy atom. The fraction of sp³-hybridized carbons (Fsp3) is 0. The molecule has 0 bridgehead atoms. The van der Waals surface area contributed by atoms with Crippen LogP contribution in [-0.2, 0) is 0 Å². The number of para-hydroxylation sites is 1. The molecule has 1 amide bonds. The predicted octanol–water partition coefficient (Wildman–Crippen LogP) is 6.18. The molecule has 0 radical (unpaired) electrons. The van der Waals surface area contributed by atoms with Crippen molar-refractivity contribution in [2.24, 2.45) is 0 Å². The lowest BCUT2D eigenvalue weighted by atomic mass is 10.1. The lowest BCUT2D eigenvalue weighted by Crippen LogP contribution is -2.12. The largest absolute Gasteiger partial charge is 0.507 e. The molecule has 0 aliphatic heterocycles. The Morgan fingerprint density at radius 3 is 2.74 bits per heavy atom. The van der Waals surface area contributed by atoms with E-state index in [-0.39, 0.29) is 11.7 Å². The summed E-state index contributed by atoms with van der Waals surface area (Å²) >= 11 is 9.76. The van der Waals surface area contributed by atoms with E-state index in [1.54, 1.807) is 30.3 Å². The van der Waals surface area contributed by atoms with E-state index in [1.807, 2.05) is 30.3 Å². The molecule has 3 aromatic carbocycles. The number of halogens is 2. The Kier molecular flexibility index (Phi) is 5.03. The van der Waals surface area contributed by atoms with Gasteiger partial charge in [0.25, 0.3) is 5.91 Å². The highest BCUT2D eigenvalue weighted by molar-refractivity contribution is 14.1. The maximum atomic E-state index is 12.6. The van der Waals surface area contributed by atoms with Gasteiger partial charge in [0, 0.05) is 9.26 Å². The van der Waals surface area contributed by atoms with Crippen LogP contribution in [0.3, 0.4) is 0 Å². The van der Waals surface area contributed by atoms with Crippen molar-refractivity contribution < 1.29 is 9.90 Å². The molecule has 1 heterocycles. The number of nitrogens with zero attached hydrogens (tertiary/aromatic N) is 1. The highest BCUT2D eigenvalue weighted by atomic mass is 127. The summed E-state index contributed by atoms with van der Waals surface area (Å²) < 4.78 is 1.95. The van der Waals surface area contributed by atoms with E-state index in [4.69, 9.17) is 11.6 Å². The number of nitrogens with one attached hydrogen (secondary N) is 1. The SMILES string of the molecule is O=C(Nc1ccc(O)c(-c2nc3ccccc3s2)c1)c1cc(I)ccc1Cl. The summed E-state index contributed by atoms with van der Waals surface area (Å²) in [7, 11) is 0. The molecule has 0 fully saturated rings. The first-order valence-electron chi connectivity index (χ1n) is 7.96. The number of hydrogen-bond acceptors (Lipinski definition) is 4. The monoisotopic (exact) mass is 506 g/mol. The Morgan fingerprint density at radius 2 is 1.93 bits per heavy atom. The zero-order valence-corrected chi connectivity index (χ0v) is 17.5. The number of benzene rings is 3. The van der Waals surface area contributed by atoms with Crippen molar-refractivity contribution in [2.75, 3.05) is 5.32 Å². The first-order valence-corrected chi connectivity index (χ1v) is 10.2. The Labute approximate surface area is 178 Å². The molecule has 4 aromatic rings. The van der Waals surface area contributed by atoms with Crippen molar-refractivity contribution >= 4 is 67.3 Å². The molecular formula is C20H12ClIN2O2S. The van der Waals surface area contributed by atoms with Crippen LogP contribution in [0.1, 0.15) is 10.4 Å². The van der Waals surface area contributed by atoms with Crippen LogP contribution in [-0.4, -0.2) is 16.0 Å². The van der Waals surface area contributed by atoms with Gasteiger partial charge in [-0.1, -0.05) is 23.7 Å². The molecule has 0 saturated carbocycles. The Balaban J connectivity index is 1.68. The number of aromatic nitrogens is 1. The molecular weight excluding hydrogens is 495 g/mol. The van der Waals surface area contributed by atoms with Crippen LogP contribution in [0.25, 0.3) is 20.8 Å². The third-order valence-electron chi connectivity index (χ3n) is 3.95. The summed E-state index contributed by atoms with van der Waals surface area (Å²) in [5, 5.41) is 14.2. The predicted molar refractivity (Wildman–Crippen MR) is 119 cm³/mol. The molecule has 0 aliphatic rings. The lowest BCUT2D eigenvalue weighted by Gasteiger charge is -2.09. The van der Waals surface area contributed by atoms with Crippen molar-refractivity contribution in [1.82, 2.24) is 4.98 Å². The topological polar surface area (TPSA) is 62.2 Å². The minimum atomic E-state index is -0.306. The highest BCUT2D eigenvalue weighted by Crippen LogP contribution is 2.36. The summed E-state index contributed by atoms with van der Waals surface area (Å²) in [4.78, 5) is 17.2. The molecule has 4 nitrogen and oxygen atoms in total. The summed E-state index contributed by atoms with van der Waals surface area (Å²) in [6.45, 7) is 0. The number of anilines is 1. The van der Waals surface area contributed by atoms with E-state index < -0.39 is 0 Å². The second-order valence-corrected chi connectivity index (χ2v) is 8.48. The first-order chi connectivity index (χ1) is 13.0. The quantitative estimate of drug-likeness (QED) is 0.258. The molecule has 0 aliphatic carbocycles. The molecule has 0 saturated heterocycles. The van der Waals surface area contributed by atoms with E-state index in [1.165, 1.54) is 11.3 Å². The number of phenols is 1. The van der Waals surface area contributed by atoms with Gasteiger partial charge in [0.1, 0.15) is 10.8 Å². The van der Waals surface area contributed by atoms with Crippen LogP contribution >= 0.6 is 45.5 Å². The van der Waals surface area contributed by atoms with Crippen molar-refractivity contribution in [3.8, 4) is 16.3 Å². The van der Waals surface area contributed by atoms with E-state index in [9.17, 15) is 9.90 Å². The van der Waals surface area contributed by atoms with Crippen LogP contribution in [0.2, 0.25) is 5.02 Å². The zero-order valence-electron chi connectivity index (χ0n) is 13.7. The third-order valence-corrected chi connectivity index (χ3v) is 6.02. The van der Waals surface area contributed by atoms with Gasteiger partial charge in [0.15, 0.2) is 0 Å². The van der Waals surface area contributed by atoms with E-state index in [0.29, 0.717) is 26.8 Å². The maximum Gasteiger partial charge on any atom is 0.257 e. The van der Waals surface area contributed by atoms with Crippen molar-refractivity contribution in [3.63, 3.8) is 0 Å². The maximum absolute atomic E-state index is 12.6. The lowest BCUT2D eigenvalue weighted by molar-refractivity contribution is 0.102. The molecule has 27 heavy (non-hydrogen) atoms. The molecule has 4 rings (SSSR count). The van der Waals surface area contributed by atoms with Crippen LogP contribution in [0.15, 0.2) is 60.7 Å². The Bertz CT molecular complexity index is 1140. The molecule has 7 heteroatoms. The van der Waals surface area contributed by atoms with Gasteiger partial charge in [0.05, 0.1) is 26.4 Å². The van der Waals surface area contributed by atoms with E-state index in [2.05, 4.69) is 32.9 Å². The van der Waals surface area contributed by atoms with Gasteiger partial charge in [-0.05, 0) is 71.1 Å². The minimum Gasteiger partial charge on any atom is -0.507 e. The number of rotatable bonds is 3. The van der Waals surface area contributed by atoms with Gasteiger partial charge in [-0.2, -0.15) is 0 Å². The average Bonchev–Trinajstić information content (AvgIpc) is 3.09. The Hall–Kier alpha value is -2.16. The van der Waals surface area contributed by atoms with Crippen LogP contribution in [0.4, 0.5) is 5.69 Å². The van der Waals surface area contributed by atoms with Crippen LogP contribution < -0.4 is 5.32 Å². The van der Waals surface area contributed by atoms with E-state index >= 15 is 0 Å². The second kappa shape index (κ2) is 7.46. The van der Waals surface area contributed by atoms with E-state index in [0.717, 1.165) is 13.8 Å². The molecule has 0 atom stereocenters. The first kappa shape index (κ1) is 18.2. The number of amides is 1. The van der Waals surface area contributed by atoms with Gasteiger partial charge in [-0.15, -0.1) is 11.3 Å². The van der Waals surface area contributed by atoms with Crippen molar-refractivity contribution in [3.05, 3.63) is 74.8 Å². The number of carbonyl (C=O) groups excluding carboxylic acids is 1. The number of aromatic hydroxyl groups is 1. The minimum absolute atomic E-state index is 0.111. The molecule has 0 unspecified atom stereocenters. The van der Waals surface area contributed by atoms with Crippen LogP contribution in [0.5, 0.6) is 5.75 Å². The van der Waals surface area contributed by atoms with Gasteiger partial charge >= 0.3 is 0 Å². The zero-order chi connectivity index (χ0) is 19.0. The normalized spacial score (nSPS) is 10.9. The summed E-state index contributed by atoms with van der Waals surface area (Å²) in [6.07, 6.45) is 0. The van der Waals surface area contributed by atoms with Gasteiger partial charge in [0.2, 0.25) is 0 Å². The second-order valence-electron chi connectivity index (χ2n) is 5.80. The fourth-order valence-corrected chi connectivity index (χ4v) is 4.33. The number of hydrogen-bond donors (Lipinski definition) is 2.